The summed E-state index contributed by atoms with van der Waals surface area (Å²) in [6.07, 6.45) is 3.64. The van der Waals surface area contributed by atoms with E-state index in [2.05, 4.69) is 28.5 Å². The average molecular weight is 409 g/mol. The molecule has 0 radical (unpaired) electrons. The molecule has 26 heavy (non-hydrogen) atoms. The molecule has 3 aromatic rings. The van der Waals surface area contributed by atoms with Gasteiger partial charge in [-0.25, -0.2) is 0 Å². The number of pyridine rings is 1. The molecule has 0 saturated heterocycles. The molecular weight excluding hydrogens is 391 g/mol. The van der Waals surface area contributed by atoms with Crippen molar-refractivity contribution in [2.24, 2.45) is 0 Å². The van der Waals surface area contributed by atoms with Crippen LogP contribution in [0, 0.1) is 0 Å². The molecule has 0 spiro atoms. The highest BCUT2D eigenvalue weighted by atomic mass is 35.5. The minimum Gasteiger partial charge on any atom is -1.00 e. The minimum absolute atomic E-state index is 0. The van der Waals surface area contributed by atoms with E-state index in [9.17, 15) is 0 Å². The molecule has 136 valence electrons. The van der Waals surface area contributed by atoms with E-state index in [0.717, 1.165) is 24.4 Å². The summed E-state index contributed by atoms with van der Waals surface area (Å²) in [5.41, 5.74) is 3.27. The van der Waals surface area contributed by atoms with Crippen molar-refractivity contribution in [1.82, 2.24) is 10.3 Å². The summed E-state index contributed by atoms with van der Waals surface area (Å²) >= 11 is 12.0. The molecule has 0 bridgehead atoms. The molecule has 1 heterocycles. The number of hydrogen-bond donors (Lipinski definition) is 1. The first-order valence-corrected chi connectivity index (χ1v) is 8.71. The quantitative estimate of drug-likeness (QED) is 0.651. The van der Waals surface area contributed by atoms with E-state index < -0.39 is 0 Å². The number of ether oxygens (including phenoxy) is 1. The molecule has 0 saturated carbocycles. The van der Waals surface area contributed by atoms with Gasteiger partial charge in [0, 0.05) is 41.1 Å². The van der Waals surface area contributed by atoms with Crippen molar-refractivity contribution in [2.45, 2.75) is 19.7 Å². The van der Waals surface area contributed by atoms with Crippen LogP contribution in [0.5, 0.6) is 5.75 Å². The Hall–Kier alpha value is -1.78. The average Bonchev–Trinajstić information content (AvgIpc) is 2.63. The maximum atomic E-state index is 6.15. The van der Waals surface area contributed by atoms with Crippen molar-refractivity contribution < 1.29 is 17.1 Å². The lowest BCUT2D eigenvalue weighted by molar-refractivity contribution is -0.00000529. The third-order valence-corrected chi connectivity index (χ3v) is 4.30. The number of nitrogens with one attached hydrogen (secondary N) is 1. The Morgan fingerprint density at radius 3 is 2.38 bits per heavy atom. The molecule has 6 heteroatoms. The molecule has 1 N–H and O–H groups in total. The van der Waals surface area contributed by atoms with Gasteiger partial charge < -0.3 is 22.5 Å². The molecule has 0 fully saturated rings. The molecule has 1 aromatic heterocycles. The number of hydrogen-bond acceptors (Lipinski definition) is 3. The van der Waals surface area contributed by atoms with Crippen molar-refractivity contribution in [1.29, 1.82) is 0 Å². The van der Waals surface area contributed by atoms with Gasteiger partial charge in [-0.3, -0.25) is 4.98 Å². The molecule has 0 amide bonds. The van der Waals surface area contributed by atoms with Crippen molar-refractivity contribution in [3.63, 3.8) is 0 Å². The Labute approximate surface area is 169 Å². The van der Waals surface area contributed by atoms with Gasteiger partial charge in [-0.1, -0.05) is 47.5 Å². The molecule has 2 aromatic carbocycles. The van der Waals surface area contributed by atoms with Gasteiger partial charge in [0.2, 0.25) is 0 Å². The highest BCUT2D eigenvalue weighted by Gasteiger charge is 2.03. The van der Waals surface area contributed by atoms with Crippen molar-refractivity contribution in [2.75, 3.05) is 0 Å². The van der Waals surface area contributed by atoms with Crippen LogP contribution in [0.15, 0.2) is 67.0 Å². The zero-order valence-corrected chi connectivity index (χ0v) is 16.2. The first-order valence-electron chi connectivity index (χ1n) is 7.96. The molecule has 0 aliphatic rings. The van der Waals surface area contributed by atoms with Crippen LogP contribution >= 0.6 is 23.2 Å². The molecule has 0 atom stereocenters. The van der Waals surface area contributed by atoms with Gasteiger partial charge in [0.1, 0.15) is 12.4 Å². The fourth-order valence-electron chi connectivity index (χ4n) is 2.36. The predicted molar refractivity (Wildman–Crippen MR) is 102 cm³/mol. The second-order valence-electron chi connectivity index (χ2n) is 5.63. The summed E-state index contributed by atoms with van der Waals surface area (Å²) < 4.78 is 5.79. The number of nitrogens with zero attached hydrogens (tertiary/aromatic N) is 1. The number of halogens is 3. The van der Waals surface area contributed by atoms with Gasteiger partial charge >= 0.3 is 0 Å². The second-order valence-corrected chi connectivity index (χ2v) is 6.48. The Balaban J connectivity index is 0.00000243. The zero-order valence-electron chi connectivity index (χ0n) is 14.0. The van der Waals surface area contributed by atoms with Crippen LogP contribution in [0.2, 0.25) is 10.0 Å². The van der Waals surface area contributed by atoms with Crippen molar-refractivity contribution in [3.8, 4) is 5.75 Å². The maximum Gasteiger partial charge on any atom is 0.119 e. The minimum atomic E-state index is 0. The Kier molecular flexibility index (Phi) is 8.20. The third-order valence-electron chi connectivity index (χ3n) is 3.71. The standard InChI is InChI=1S/C20H18Cl2N2O.ClH/c21-18-6-5-17(20(22)10-18)14-25-19-7-3-15(4-8-19)11-24-13-16-2-1-9-23-12-16;/h1-10,12,24H,11,13-14H2;1H/p-1. The van der Waals surface area contributed by atoms with Crippen molar-refractivity contribution >= 4 is 23.2 Å². The van der Waals surface area contributed by atoms with E-state index in [0.29, 0.717) is 16.7 Å². The van der Waals surface area contributed by atoms with Gasteiger partial charge in [-0.05, 0) is 41.5 Å². The summed E-state index contributed by atoms with van der Waals surface area (Å²) in [6.45, 7) is 1.99. The van der Waals surface area contributed by atoms with Crippen LogP contribution in [-0.4, -0.2) is 4.98 Å². The molecule has 3 nitrogen and oxygen atoms in total. The fourth-order valence-corrected chi connectivity index (χ4v) is 2.82. The predicted octanol–water partition coefficient (Wildman–Crippen LogP) is 2.26. The van der Waals surface area contributed by atoms with E-state index in [4.69, 9.17) is 27.9 Å². The van der Waals surface area contributed by atoms with Gasteiger partial charge in [0.05, 0.1) is 0 Å². The molecule has 3 rings (SSSR count). The molecule has 0 aliphatic heterocycles. The van der Waals surface area contributed by atoms with Gasteiger partial charge in [-0.15, -0.1) is 0 Å². The highest BCUT2D eigenvalue weighted by Crippen LogP contribution is 2.22. The lowest BCUT2D eigenvalue weighted by Gasteiger charge is -2.09. The monoisotopic (exact) mass is 407 g/mol. The van der Waals surface area contributed by atoms with Gasteiger partial charge in [0.25, 0.3) is 0 Å². The third kappa shape index (κ3) is 6.19. The SMILES string of the molecule is Clc1ccc(COc2ccc(CNCc3cccnc3)cc2)c(Cl)c1.[Cl-]. The second kappa shape index (κ2) is 10.4. The number of rotatable bonds is 7. The summed E-state index contributed by atoms with van der Waals surface area (Å²) in [5.74, 6) is 0.807. The summed E-state index contributed by atoms with van der Waals surface area (Å²) in [6, 6.07) is 17.4. The molecular formula is C20H18Cl3N2O-. The summed E-state index contributed by atoms with van der Waals surface area (Å²) in [7, 11) is 0. The first kappa shape index (κ1) is 20.5. The smallest absolute Gasteiger partial charge is 0.119 e. The Bertz CT molecular complexity index is 811. The van der Waals surface area contributed by atoms with E-state index in [1.807, 2.05) is 36.5 Å². The van der Waals surface area contributed by atoms with Gasteiger partial charge in [0.15, 0.2) is 0 Å². The Morgan fingerprint density at radius 1 is 0.923 bits per heavy atom. The maximum absolute atomic E-state index is 6.15. The highest BCUT2D eigenvalue weighted by molar-refractivity contribution is 6.35. The molecule has 0 unspecified atom stereocenters. The summed E-state index contributed by atoms with van der Waals surface area (Å²) in [4.78, 5) is 4.11. The number of aromatic nitrogens is 1. The van der Waals surface area contributed by atoms with E-state index in [-0.39, 0.29) is 12.4 Å². The van der Waals surface area contributed by atoms with Crippen LogP contribution in [0.25, 0.3) is 0 Å². The van der Waals surface area contributed by atoms with Crippen LogP contribution in [0.3, 0.4) is 0 Å². The fraction of sp³-hybridized carbons (Fsp3) is 0.150. The topological polar surface area (TPSA) is 34.1 Å². The van der Waals surface area contributed by atoms with Gasteiger partial charge in [-0.2, -0.15) is 0 Å². The zero-order chi connectivity index (χ0) is 17.5. The lowest BCUT2D eigenvalue weighted by atomic mass is 10.2. The molecule has 0 aliphatic carbocycles. The Morgan fingerprint density at radius 2 is 1.69 bits per heavy atom. The van der Waals surface area contributed by atoms with E-state index >= 15 is 0 Å². The van der Waals surface area contributed by atoms with Crippen LogP contribution in [0.1, 0.15) is 16.7 Å². The lowest BCUT2D eigenvalue weighted by Crippen LogP contribution is -3.00. The van der Waals surface area contributed by atoms with Crippen LogP contribution in [0.4, 0.5) is 0 Å². The van der Waals surface area contributed by atoms with Crippen LogP contribution in [-0.2, 0) is 19.7 Å². The van der Waals surface area contributed by atoms with Crippen LogP contribution < -0.4 is 22.5 Å². The van der Waals surface area contributed by atoms with E-state index in [1.165, 1.54) is 11.1 Å². The van der Waals surface area contributed by atoms with E-state index in [1.54, 1.807) is 12.3 Å². The first-order chi connectivity index (χ1) is 12.2. The summed E-state index contributed by atoms with van der Waals surface area (Å²) in [5, 5.41) is 4.63. The largest absolute Gasteiger partial charge is 1.00 e. The normalized spacial score (nSPS) is 10.2. The number of benzene rings is 2. The van der Waals surface area contributed by atoms with Crippen molar-refractivity contribution in [3.05, 3.63) is 93.7 Å².